The molecule has 0 unspecified atom stereocenters. The van der Waals surface area contributed by atoms with E-state index in [0.717, 1.165) is 41.3 Å². The molecule has 1 aromatic heterocycles. The van der Waals surface area contributed by atoms with Gasteiger partial charge in [0.25, 0.3) is 0 Å². The van der Waals surface area contributed by atoms with Crippen molar-refractivity contribution in [3.63, 3.8) is 0 Å². The van der Waals surface area contributed by atoms with Crippen LogP contribution < -0.4 is 24.3 Å². The summed E-state index contributed by atoms with van der Waals surface area (Å²) in [7, 11) is 3.30. The molecule has 0 fully saturated rings. The lowest BCUT2D eigenvalue weighted by Gasteiger charge is -2.37. The molecule has 8 heteroatoms. The van der Waals surface area contributed by atoms with Gasteiger partial charge in [-0.2, -0.15) is 0 Å². The lowest BCUT2D eigenvalue weighted by atomic mass is 9.91. The number of ether oxygens (including phenoxy) is 4. The standard InChI is InChI=1S/C25H26N2O5S/c1-29-20-11-17-7-8-27(25(23-4-3-9-33-23)18(17)12-21(20)30-2)14-24(28)26-13-16-5-6-19-22(10-16)32-15-31-19/h3-6,9-12,25H,7-8,13-15H2,1-2H3,(H,26,28)/t25-/m0/s1. The van der Waals surface area contributed by atoms with Gasteiger partial charge in [-0.25, -0.2) is 0 Å². The van der Waals surface area contributed by atoms with E-state index in [-0.39, 0.29) is 18.7 Å². The molecular weight excluding hydrogens is 440 g/mol. The second-order valence-electron chi connectivity index (χ2n) is 8.01. The van der Waals surface area contributed by atoms with Gasteiger partial charge in [-0.3, -0.25) is 9.69 Å². The summed E-state index contributed by atoms with van der Waals surface area (Å²) in [5.74, 6) is 2.88. The molecule has 1 atom stereocenters. The third kappa shape index (κ3) is 4.36. The molecule has 5 rings (SSSR count). The van der Waals surface area contributed by atoms with E-state index in [1.54, 1.807) is 25.6 Å². The van der Waals surface area contributed by atoms with Crippen molar-refractivity contribution >= 4 is 17.2 Å². The first-order valence-electron chi connectivity index (χ1n) is 10.8. The molecule has 0 spiro atoms. The minimum Gasteiger partial charge on any atom is -0.493 e. The molecular formula is C25H26N2O5S. The Labute approximate surface area is 196 Å². The Morgan fingerprint density at radius 3 is 2.73 bits per heavy atom. The molecule has 0 radical (unpaired) electrons. The molecule has 33 heavy (non-hydrogen) atoms. The van der Waals surface area contributed by atoms with Crippen LogP contribution in [0, 0.1) is 0 Å². The number of carbonyl (C=O) groups is 1. The average molecular weight is 467 g/mol. The Kier molecular flexibility index (Phi) is 6.11. The summed E-state index contributed by atoms with van der Waals surface area (Å²) >= 11 is 1.70. The van der Waals surface area contributed by atoms with Crippen LogP contribution >= 0.6 is 11.3 Å². The smallest absolute Gasteiger partial charge is 0.234 e. The second-order valence-corrected chi connectivity index (χ2v) is 8.99. The highest BCUT2D eigenvalue weighted by Gasteiger charge is 2.32. The Hall–Kier alpha value is -3.23. The number of methoxy groups -OCH3 is 2. The zero-order chi connectivity index (χ0) is 22.8. The molecule has 2 aliphatic rings. The summed E-state index contributed by atoms with van der Waals surface area (Å²) in [4.78, 5) is 16.4. The van der Waals surface area contributed by atoms with E-state index in [1.807, 2.05) is 24.3 Å². The van der Waals surface area contributed by atoms with Gasteiger partial charge in [0.2, 0.25) is 12.7 Å². The zero-order valence-corrected chi connectivity index (χ0v) is 19.4. The number of carbonyl (C=O) groups excluding carboxylic acids is 1. The number of hydrogen-bond acceptors (Lipinski definition) is 7. The number of rotatable bonds is 7. The van der Waals surface area contributed by atoms with Crippen molar-refractivity contribution < 1.29 is 23.7 Å². The van der Waals surface area contributed by atoms with E-state index in [9.17, 15) is 4.79 Å². The maximum Gasteiger partial charge on any atom is 0.234 e. The van der Waals surface area contributed by atoms with Crippen molar-refractivity contribution in [1.29, 1.82) is 0 Å². The second kappa shape index (κ2) is 9.33. The molecule has 2 aliphatic heterocycles. The Morgan fingerprint density at radius 2 is 1.94 bits per heavy atom. The van der Waals surface area contributed by atoms with Crippen LogP contribution in [0.4, 0.5) is 0 Å². The van der Waals surface area contributed by atoms with Gasteiger partial charge in [-0.1, -0.05) is 12.1 Å². The number of thiophene rings is 1. The van der Waals surface area contributed by atoms with Gasteiger partial charge in [-0.15, -0.1) is 11.3 Å². The molecule has 3 aromatic rings. The molecule has 0 saturated carbocycles. The minimum atomic E-state index is -0.0156. The molecule has 0 aliphatic carbocycles. The largest absolute Gasteiger partial charge is 0.493 e. The normalized spacial score (nSPS) is 16.8. The van der Waals surface area contributed by atoms with Crippen molar-refractivity contribution in [3.05, 3.63) is 69.4 Å². The molecule has 0 saturated heterocycles. The first-order valence-corrected chi connectivity index (χ1v) is 11.7. The maximum atomic E-state index is 12.9. The highest BCUT2D eigenvalue weighted by atomic mass is 32.1. The number of nitrogens with one attached hydrogen (secondary N) is 1. The van der Waals surface area contributed by atoms with E-state index >= 15 is 0 Å². The third-order valence-corrected chi connectivity index (χ3v) is 6.98. The first kappa shape index (κ1) is 21.6. The van der Waals surface area contributed by atoms with Crippen LogP contribution in [0.25, 0.3) is 0 Å². The molecule has 7 nitrogen and oxygen atoms in total. The molecule has 1 amide bonds. The van der Waals surface area contributed by atoms with Gasteiger partial charge >= 0.3 is 0 Å². The van der Waals surface area contributed by atoms with Crippen LogP contribution in [-0.2, 0) is 17.8 Å². The Balaban J connectivity index is 1.33. The van der Waals surface area contributed by atoms with Gasteiger partial charge in [0, 0.05) is 18.0 Å². The lowest BCUT2D eigenvalue weighted by molar-refractivity contribution is -0.122. The van der Waals surface area contributed by atoms with Gasteiger partial charge < -0.3 is 24.3 Å². The van der Waals surface area contributed by atoms with Gasteiger partial charge in [0.15, 0.2) is 23.0 Å². The molecule has 172 valence electrons. The predicted molar refractivity (Wildman–Crippen MR) is 125 cm³/mol. The third-order valence-electron chi connectivity index (χ3n) is 6.06. The lowest BCUT2D eigenvalue weighted by Crippen LogP contribution is -2.42. The topological polar surface area (TPSA) is 69.3 Å². The summed E-state index contributed by atoms with van der Waals surface area (Å²) < 4.78 is 21.9. The SMILES string of the molecule is COc1cc2c(cc1OC)[C@@H](c1cccs1)N(CC(=O)NCc1ccc3c(c1)OCO3)CC2. The van der Waals surface area contributed by atoms with E-state index < -0.39 is 0 Å². The fourth-order valence-corrected chi connectivity index (χ4v) is 5.32. The van der Waals surface area contributed by atoms with Gasteiger partial charge in [-0.05, 0) is 58.8 Å². The molecule has 1 N–H and O–H groups in total. The zero-order valence-electron chi connectivity index (χ0n) is 18.6. The van der Waals surface area contributed by atoms with Crippen molar-refractivity contribution in [3.8, 4) is 23.0 Å². The summed E-state index contributed by atoms with van der Waals surface area (Å²) in [6.07, 6.45) is 0.840. The van der Waals surface area contributed by atoms with E-state index in [0.29, 0.717) is 18.8 Å². The number of hydrogen-bond donors (Lipinski definition) is 1. The molecule has 3 heterocycles. The molecule has 0 bridgehead atoms. The number of nitrogens with zero attached hydrogens (tertiary/aromatic N) is 1. The van der Waals surface area contributed by atoms with Crippen LogP contribution in [0.2, 0.25) is 0 Å². The van der Waals surface area contributed by atoms with E-state index in [2.05, 4.69) is 33.8 Å². The number of benzene rings is 2. The maximum absolute atomic E-state index is 12.9. The summed E-state index contributed by atoms with van der Waals surface area (Å²) in [6, 6.07) is 14.0. The number of fused-ring (bicyclic) bond motifs is 2. The van der Waals surface area contributed by atoms with Crippen molar-refractivity contribution in [2.24, 2.45) is 0 Å². The summed E-state index contributed by atoms with van der Waals surface area (Å²) in [5, 5.41) is 5.12. The van der Waals surface area contributed by atoms with Crippen molar-refractivity contribution in [2.75, 3.05) is 34.1 Å². The summed E-state index contributed by atoms with van der Waals surface area (Å²) in [5.41, 5.74) is 3.36. The fourth-order valence-electron chi connectivity index (χ4n) is 4.44. The average Bonchev–Trinajstić information content (AvgIpc) is 3.53. The van der Waals surface area contributed by atoms with E-state index in [1.165, 1.54) is 10.4 Å². The van der Waals surface area contributed by atoms with Crippen molar-refractivity contribution in [2.45, 2.75) is 19.0 Å². The number of amides is 1. The Morgan fingerprint density at radius 1 is 1.12 bits per heavy atom. The minimum absolute atomic E-state index is 0.00940. The van der Waals surface area contributed by atoms with E-state index in [4.69, 9.17) is 18.9 Å². The molecule has 2 aromatic carbocycles. The highest BCUT2D eigenvalue weighted by molar-refractivity contribution is 7.10. The summed E-state index contributed by atoms with van der Waals surface area (Å²) in [6.45, 7) is 1.76. The Bertz CT molecular complexity index is 1150. The monoisotopic (exact) mass is 466 g/mol. The van der Waals surface area contributed by atoms with Crippen LogP contribution in [0.3, 0.4) is 0 Å². The quantitative estimate of drug-likeness (QED) is 0.572. The van der Waals surface area contributed by atoms with Crippen LogP contribution in [0.5, 0.6) is 23.0 Å². The highest BCUT2D eigenvalue weighted by Crippen LogP contribution is 2.42. The van der Waals surface area contributed by atoms with Crippen LogP contribution in [0.1, 0.15) is 27.6 Å². The van der Waals surface area contributed by atoms with Gasteiger partial charge in [0.05, 0.1) is 26.8 Å². The van der Waals surface area contributed by atoms with Gasteiger partial charge in [0.1, 0.15) is 0 Å². The first-order chi connectivity index (χ1) is 16.2. The van der Waals surface area contributed by atoms with Crippen LogP contribution in [0.15, 0.2) is 47.8 Å². The van der Waals surface area contributed by atoms with Crippen molar-refractivity contribution in [1.82, 2.24) is 10.2 Å². The fraction of sp³-hybridized carbons (Fsp3) is 0.320. The van der Waals surface area contributed by atoms with Crippen LogP contribution in [-0.4, -0.2) is 44.9 Å². The predicted octanol–water partition coefficient (Wildman–Crippen LogP) is 3.76.